The largest absolute Gasteiger partial charge is 0.504 e. The van der Waals surface area contributed by atoms with Crippen molar-refractivity contribution in [3.8, 4) is 23.0 Å². The van der Waals surface area contributed by atoms with Crippen molar-refractivity contribution < 1.29 is 34.0 Å². The van der Waals surface area contributed by atoms with Crippen molar-refractivity contribution in [3.05, 3.63) is 33.0 Å². The zero-order valence-corrected chi connectivity index (χ0v) is 14.4. The van der Waals surface area contributed by atoms with Gasteiger partial charge in [-0.3, -0.25) is 0 Å². The molecular weight excluding hydrogens is 360 g/mol. The molecule has 0 aliphatic heterocycles. The molecule has 4 rings (SSSR count). The number of ether oxygens (including phenoxy) is 1. The van der Waals surface area contributed by atoms with Gasteiger partial charge in [0.1, 0.15) is 0 Å². The zero-order valence-electron chi connectivity index (χ0n) is 14.4. The minimum Gasteiger partial charge on any atom is -0.504 e. The Morgan fingerprint density at radius 3 is 1.44 bits per heavy atom. The first-order valence-electron chi connectivity index (χ1n) is 8.02. The molecule has 0 atom stereocenters. The predicted molar refractivity (Wildman–Crippen MR) is 96.0 cm³/mol. The molecule has 0 spiro atoms. The van der Waals surface area contributed by atoms with E-state index >= 15 is 0 Å². The lowest BCUT2D eigenvalue weighted by Crippen LogP contribution is -2.06. The molecule has 9 nitrogen and oxygen atoms in total. The number of rotatable bonds is 2. The number of phenolic OH excluding ortho intramolecular Hbond substituents is 4. The molecule has 4 aromatic rings. The molecule has 0 saturated heterocycles. The summed E-state index contributed by atoms with van der Waals surface area (Å²) >= 11 is 0. The summed E-state index contributed by atoms with van der Waals surface area (Å²) in [5, 5.41) is 38.7. The Morgan fingerprint density at radius 1 is 0.778 bits per heavy atom. The summed E-state index contributed by atoms with van der Waals surface area (Å²) in [5.41, 5.74) is -2.70. The number of aromatic hydroxyl groups is 4. The standard InChI is InChI=1S/C14H6O8.C4H10O/c15-5-1-3-7-8-4(14(20)22-11(7)9(5)17)2-6(16)10(18)12(8)21-13(3)19;1-3-5-4-2/h1-2,15-18H;3-4H2,1-2H3. The van der Waals surface area contributed by atoms with Gasteiger partial charge in [0, 0.05) is 24.0 Å². The molecule has 9 heteroatoms. The summed E-state index contributed by atoms with van der Waals surface area (Å²) in [6.07, 6.45) is 0. The van der Waals surface area contributed by atoms with E-state index in [4.69, 9.17) is 13.6 Å². The Balaban J connectivity index is 0.000000376. The van der Waals surface area contributed by atoms with Gasteiger partial charge in [-0.25, -0.2) is 9.59 Å². The summed E-state index contributed by atoms with van der Waals surface area (Å²) in [6.45, 7) is 5.67. The molecular formula is C18H16O9. The number of hydrogen-bond donors (Lipinski definition) is 4. The molecule has 142 valence electrons. The lowest BCUT2D eigenvalue weighted by Gasteiger charge is -2.10. The van der Waals surface area contributed by atoms with Crippen LogP contribution in [-0.4, -0.2) is 33.6 Å². The van der Waals surface area contributed by atoms with Crippen LogP contribution < -0.4 is 11.3 Å². The fraction of sp³-hybridized carbons (Fsp3) is 0.222. The minimum absolute atomic E-state index is 0.00597. The third-order valence-electron chi connectivity index (χ3n) is 3.96. The van der Waals surface area contributed by atoms with E-state index in [2.05, 4.69) is 0 Å². The summed E-state index contributed by atoms with van der Waals surface area (Å²) in [4.78, 5) is 24.0. The highest BCUT2D eigenvalue weighted by Crippen LogP contribution is 2.44. The van der Waals surface area contributed by atoms with Gasteiger partial charge in [-0.05, 0) is 26.0 Å². The maximum absolute atomic E-state index is 12.0. The lowest BCUT2D eigenvalue weighted by atomic mass is 10.0. The first-order valence-corrected chi connectivity index (χ1v) is 8.02. The zero-order chi connectivity index (χ0) is 19.9. The van der Waals surface area contributed by atoms with E-state index in [1.165, 1.54) is 0 Å². The molecule has 2 heterocycles. The average Bonchev–Trinajstić information content (AvgIpc) is 2.63. The van der Waals surface area contributed by atoms with Crippen LogP contribution in [0.15, 0.2) is 30.6 Å². The fourth-order valence-corrected chi connectivity index (χ4v) is 2.79. The summed E-state index contributed by atoms with van der Waals surface area (Å²) in [6, 6.07) is 1.93. The van der Waals surface area contributed by atoms with Crippen LogP contribution in [0.3, 0.4) is 0 Å². The Bertz CT molecular complexity index is 1150. The average molecular weight is 376 g/mol. The van der Waals surface area contributed by atoms with E-state index in [1.807, 2.05) is 13.8 Å². The first kappa shape index (κ1) is 18.3. The summed E-state index contributed by atoms with van der Waals surface area (Å²) < 4.78 is 14.7. The van der Waals surface area contributed by atoms with E-state index in [1.54, 1.807) is 0 Å². The maximum atomic E-state index is 12.0. The van der Waals surface area contributed by atoms with Crippen LogP contribution in [0.2, 0.25) is 0 Å². The SMILES string of the molecule is CCOCC.O=c1oc2c(O)c(O)cc3c(=O)oc4c(O)c(O)cc1c4c23. The van der Waals surface area contributed by atoms with E-state index in [0.717, 1.165) is 25.3 Å². The van der Waals surface area contributed by atoms with Crippen LogP contribution in [0.4, 0.5) is 0 Å². The molecule has 2 aromatic heterocycles. The van der Waals surface area contributed by atoms with Crippen molar-refractivity contribution in [1.29, 1.82) is 0 Å². The molecule has 0 aliphatic rings. The topological polar surface area (TPSA) is 151 Å². The predicted octanol–water partition coefficient (Wildman–Crippen LogP) is 2.36. The highest BCUT2D eigenvalue weighted by Gasteiger charge is 2.24. The van der Waals surface area contributed by atoms with E-state index < -0.39 is 45.4 Å². The second kappa shape index (κ2) is 6.69. The molecule has 0 amide bonds. The van der Waals surface area contributed by atoms with Gasteiger partial charge in [0.25, 0.3) is 0 Å². The molecule has 0 aliphatic carbocycles. The van der Waals surface area contributed by atoms with Gasteiger partial charge in [-0.2, -0.15) is 0 Å². The smallest absolute Gasteiger partial charge is 0.344 e. The molecule has 0 saturated carbocycles. The highest BCUT2D eigenvalue weighted by molar-refractivity contribution is 6.22. The molecule has 27 heavy (non-hydrogen) atoms. The van der Waals surface area contributed by atoms with Crippen LogP contribution in [0.5, 0.6) is 23.0 Å². The maximum Gasteiger partial charge on any atom is 0.344 e. The summed E-state index contributed by atoms with van der Waals surface area (Å²) in [7, 11) is 0. The Morgan fingerprint density at radius 2 is 1.15 bits per heavy atom. The molecule has 2 aromatic carbocycles. The van der Waals surface area contributed by atoms with Crippen molar-refractivity contribution in [2.45, 2.75) is 13.8 Å². The number of hydrogen-bond acceptors (Lipinski definition) is 9. The summed E-state index contributed by atoms with van der Waals surface area (Å²) in [5.74, 6) is -2.75. The monoisotopic (exact) mass is 376 g/mol. The van der Waals surface area contributed by atoms with E-state index in [-0.39, 0.29) is 21.5 Å². The Kier molecular flexibility index (Phi) is 4.54. The van der Waals surface area contributed by atoms with Crippen molar-refractivity contribution >= 4 is 32.7 Å². The van der Waals surface area contributed by atoms with Gasteiger partial charge in [-0.1, -0.05) is 0 Å². The minimum atomic E-state index is -0.941. The van der Waals surface area contributed by atoms with Crippen LogP contribution in [-0.2, 0) is 4.74 Å². The van der Waals surface area contributed by atoms with Crippen molar-refractivity contribution in [2.24, 2.45) is 0 Å². The first-order chi connectivity index (χ1) is 12.8. The van der Waals surface area contributed by atoms with Gasteiger partial charge in [-0.15, -0.1) is 0 Å². The molecule has 0 fully saturated rings. The van der Waals surface area contributed by atoms with E-state index in [0.29, 0.717) is 0 Å². The second-order valence-electron chi connectivity index (χ2n) is 5.55. The van der Waals surface area contributed by atoms with Crippen LogP contribution in [0, 0.1) is 0 Å². The van der Waals surface area contributed by atoms with Crippen LogP contribution in [0.1, 0.15) is 13.8 Å². The Hall–Kier alpha value is -3.46. The van der Waals surface area contributed by atoms with Crippen molar-refractivity contribution in [3.63, 3.8) is 0 Å². The van der Waals surface area contributed by atoms with Crippen LogP contribution in [0.25, 0.3) is 32.7 Å². The van der Waals surface area contributed by atoms with Gasteiger partial charge in [0.05, 0.1) is 10.8 Å². The van der Waals surface area contributed by atoms with Crippen molar-refractivity contribution in [1.82, 2.24) is 0 Å². The van der Waals surface area contributed by atoms with Gasteiger partial charge < -0.3 is 34.0 Å². The van der Waals surface area contributed by atoms with Gasteiger partial charge in [0.2, 0.25) is 11.5 Å². The fourth-order valence-electron chi connectivity index (χ4n) is 2.79. The number of benzene rings is 2. The Labute approximate surface area is 150 Å². The lowest BCUT2D eigenvalue weighted by molar-refractivity contribution is 0.162. The quantitative estimate of drug-likeness (QED) is 0.235. The third-order valence-corrected chi connectivity index (χ3v) is 3.96. The van der Waals surface area contributed by atoms with Crippen molar-refractivity contribution in [2.75, 3.05) is 13.2 Å². The molecule has 0 radical (unpaired) electrons. The van der Waals surface area contributed by atoms with Gasteiger partial charge >= 0.3 is 11.3 Å². The third kappa shape index (κ3) is 2.77. The molecule has 4 N–H and O–H groups in total. The normalized spacial score (nSPS) is 11.2. The molecule has 0 bridgehead atoms. The van der Waals surface area contributed by atoms with E-state index in [9.17, 15) is 30.0 Å². The highest BCUT2D eigenvalue weighted by atomic mass is 16.5. The molecule has 0 unspecified atom stereocenters. The second-order valence-corrected chi connectivity index (χ2v) is 5.55. The van der Waals surface area contributed by atoms with Gasteiger partial charge in [0.15, 0.2) is 22.7 Å². The van der Waals surface area contributed by atoms with Crippen LogP contribution >= 0.6 is 0 Å². The number of phenols is 4.